The molecule has 0 radical (unpaired) electrons. The SMILES string of the molecule is Cc1cc(C)cc(N2N=C(C(C)(C)C)CC2=O)c1. The normalized spacial score (nSPS) is 16.2. The second kappa shape index (κ2) is 4.23. The van der Waals surface area contributed by atoms with Gasteiger partial charge in [-0.25, -0.2) is 5.01 Å². The molecule has 0 N–H and O–H groups in total. The topological polar surface area (TPSA) is 32.7 Å². The molecule has 96 valence electrons. The van der Waals surface area contributed by atoms with Gasteiger partial charge in [-0.3, -0.25) is 4.79 Å². The van der Waals surface area contributed by atoms with E-state index in [0.29, 0.717) is 6.42 Å². The number of nitrogens with zero attached hydrogens (tertiary/aromatic N) is 2. The predicted octanol–water partition coefficient (Wildman–Crippen LogP) is 3.44. The van der Waals surface area contributed by atoms with Crippen molar-refractivity contribution in [1.29, 1.82) is 0 Å². The number of carbonyl (C=O) groups excluding carboxylic acids is 1. The summed E-state index contributed by atoms with van der Waals surface area (Å²) in [4.78, 5) is 12.1. The molecular formula is C15H20N2O. The molecule has 0 bridgehead atoms. The fraction of sp³-hybridized carbons (Fsp3) is 0.467. The van der Waals surface area contributed by atoms with E-state index < -0.39 is 0 Å². The Morgan fingerprint density at radius 3 is 2.11 bits per heavy atom. The van der Waals surface area contributed by atoms with E-state index >= 15 is 0 Å². The van der Waals surface area contributed by atoms with Crippen LogP contribution in [0.2, 0.25) is 0 Å². The zero-order chi connectivity index (χ0) is 13.5. The number of amides is 1. The molecule has 1 amide bonds. The van der Waals surface area contributed by atoms with E-state index in [4.69, 9.17) is 0 Å². The highest BCUT2D eigenvalue weighted by Gasteiger charge is 2.31. The van der Waals surface area contributed by atoms with Gasteiger partial charge in [-0.2, -0.15) is 5.10 Å². The highest BCUT2D eigenvalue weighted by molar-refractivity contribution is 6.14. The molecule has 1 aromatic rings. The average molecular weight is 244 g/mol. The first-order valence-electron chi connectivity index (χ1n) is 6.26. The third-order valence-electron chi connectivity index (χ3n) is 3.09. The van der Waals surface area contributed by atoms with Crippen molar-refractivity contribution < 1.29 is 4.79 Å². The van der Waals surface area contributed by atoms with E-state index in [-0.39, 0.29) is 11.3 Å². The van der Waals surface area contributed by atoms with Crippen LogP contribution in [0, 0.1) is 19.3 Å². The van der Waals surface area contributed by atoms with Crippen LogP contribution in [0.1, 0.15) is 38.3 Å². The zero-order valence-electron chi connectivity index (χ0n) is 11.7. The predicted molar refractivity (Wildman–Crippen MR) is 74.9 cm³/mol. The molecule has 0 aromatic heterocycles. The third kappa shape index (κ3) is 2.45. The molecule has 0 saturated carbocycles. The molecule has 18 heavy (non-hydrogen) atoms. The summed E-state index contributed by atoms with van der Waals surface area (Å²) in [6.45, 7) is 10.3. The third-order valence-corrected chi connectivity index (χ3v) is 3.09. The molecule has 1 aliphatic heterocycles. The monoisotopic (exact) mass is 244 g/mol. The number of hydrogen-bond acceptors (Lipinski definition) is 2. The van der Waals surface area contributed by atoms with E-state index in [0.717, 1.165) is 22.5 Å². The van der Waals surface area contributed by atoms with Gasteiger partial charge in [-0.15, -0.1) is 0 Å². The molecule has 0 aliphatic carbocycles. The average Bonchev–Trinajstić information content (AvgIpc) is 2.58. The molecular weight excluding hydrogens is 224 g/mol. The summed E-state index contributed by atoms with van der Waals surface area (Å²) in [7, 11) is 0. The maximum atomic E-state index is 12.1. The van der Waals surface area contributed by atoms with Gasteiger partial charge in [0.05, 0.1) is 17.8 Å². The van der Waals surface area contributed by atoms with Gasteiger partial charge in [0.2, 0.25) is 0 Å². The Kier molecular flexibility index (Phi) is 3.01. The number of aryl methyl sites for hydroxylation is 2. The summed E-state index contributed by atoms with van der Waals surface area (Å²) in [5.41, 5.74) is 4.07. The summed E-state index contributed by atoms with van der Waals surface area (Å²) in [5, 5.41) is 6.04. The number of anilines is 1. The van der Waals surface area contributed by atoms with Crippen LogP contribution < -0.4 is 5.01 Å². The Hall–Kier alpha value is -1.64. The molecule has 3 heteroatoms. The first kappa shape index (κ1) is 12.8. The molecule has 0 saturated heterocycles. The Balaban J connectivity index is 2.39. The van der Waals surface area contributed by atoms with E-state index in [1.165, 1.54) is 0 Å². The molecule has 3 nitrogen and oxygen atoms in total. The van der Waals surface area contributed by atoms with Gasteiger partial charge in [-0.1, -0.05) is 26.8 Å². The minimum absolute atomic E-state index is 0.0523. The molecule has 0 spiro atoms. The van der Waals surface area contributed by atoms with Gasteiger partial charge in [0, 0.05) is 5.41 Å². The van der Waals surface area contributed by atoms with E-state index in [9.17, 15) is 4.79 Å². The summed E-state index contributed by atoms with van der Waals surface area (Å²) in [6, 6.07) is 6.10. The van der Waals surface area contributed by atoms with E-state index in [1.807, 2.05) is 26.0 Å². The van der Waals surface area contributed by atoms with Crippen molar-refractivity contribution in [3.05, 3.63) is 29.3 Å². The van der Waals surface area contributed by atoms with Gasteiger partial charge in [0.1, 0.15) is 0 Å². The van der Waals surface area contributed by atoms with Gasteiger partial charge in [0.15, 0.2) is 0 Å². The second-order valence-corrected chi connectivity index (χ2v) is 6.02. The molecule has 2 rings (SSSR count). The van der Waals surface area contributed by atoms with Gasteiger partial charge >= 0.3 is 0 Å². The number of carbonyl (C=O) groups is 1. The van der Waals surface area contributed by atoms with Crippen LogP contribution in [-0.2, 0) is 4.79 Å². The Morgan fingerprint density at radius 2 is 1.67 bits per heavy atom. The number of rotatable bonds is 1. The minimum atomic E-state index is -0.0523. The van der Waals surface area contributed by atoms with Crippen LogP contribution in [0.25, 0.3) is 0 Å². The van der Waals surface area contributed by atoms with Crippen molar-refractivity contribution in [3.63, 3.8) is 0 Å². The molecule has 1 aliphatic rings. The second-order valence-electron chi connectivity index (χ2n) is 6.02. The zero-order valence-corrected chi connectivity index (χ0v) is 11.7. The van der Waals surface area contributed by atoms with Crippen molar-refractivity contribution in [2.75, 3.05) is 5.01 Å². The maximum absolute atomic E-state index is 12.1. The summed E-state index contributed by atoms with van der Waals surface area (Å²) >= 11 is 0. The Labute approximate surface area is 108 Å². The highest BCUT2D eigenvalue weighted by Crippen LogP contribution is 2.28. The van der Waals surface area contributed by atoms with E-state index in [2.05, 4.69) is 31.9 Å². The Bertz CT molecular complexity index is 504. The summed E-state index contributed by atoms with van der Waals surface area (Å²) in [6.07, 6.45) is 0.427. The standard InChI is InChI=1S/C15H20N2O/c1-10-6-11(2)8-12(7-10)17-14(18)9-13(16-17)15(3,4)5/h6-8H,9H2,1-5H3. The van der Waals surface area contributed by atoms with E-state index in [1.54, 1.807) is 5.01 Å². The lowest BCUT2D eigenvalue weighted by molar-refractivity contribution is -0.116. The number of benzene rings is 1. The summed E-state index contributed by atoms with van der Waals surface area (Å²) in [5.74, 6) is 0.0601. The summed E-state index contributed by atoms with van der Waals surface area (Å²) < 4.78 is 0. The molecule has 1 heterocycles. The lowest BCUT2D eigenvalue weighted by Gasteiger charge is -2.16. The van der Waals surface area contributed by atoms with Gasteiger partial charge < -0.3 is 0 Å². The number of hydrazone groups is 1. The minimum Gasteiger partial charge on any atom is -0.272 e. The highest BCUT2D eigenvalue weighted by atomic mass is 16.2. The molecule has 0 fully saturated rings. The van der Waals surface area contributed by atoms with Crippen molar-refractivity contribution >= 4 is 17.3 Å². The van der Waals surface area contributed by atoms with Crippen molar-refractivity contribution in [3.8, 4) is 0 Å². The molecule has 0 atom stereocenters. The van der Waals surface area contributed by atoms with Crippen molar-refractivity contribution in [2.24, 2.45) is 10.5 Å². The van der Waals surface area contributed by atoms with Gasteiger partial charge in [0.25, 0.3) is 5.91 Å². The molecule has 0 unspecified atom stereocenters. The van der Waals surface area contributed by atoms with Crippen LogP contribution in [0.15, 0.2) is 23.3 Å². The van der Waals surface area contributed by atoms with Gasteiger partial charge in [-0.05, 0) is 37.1 Å². The van der Waals surface area contributed by atoms with Crippen LogP contribution in [0.4, 0.5) is 5.69 Å². The first-order valence-corrected chi connectivity index (χ1v) is 6.26. The smallest absolute Gasteiger partial charge is 0.253 e. The quantitative estimate of drug-likeness (QED) is 0.744. The fourth-order valence-electron chi connectivity index (χ4n) is 2.12. The lowest BCUT2D eigenvalue weighted by Crippen LogP contribution is -2.20. The lowest BCUT2D eigenvalue weighted by atomic mass is 9.88. The Morgan fingerprint density at radius 1 is 1.11 bits per heavy atom. The maximum Gasteiger partial charge on any atom is 0.253 e. The van der Waals surface area contributed by atoms with Crippen LogP contribution in [-0.4, -0.2) is 11.6 Å². The number of hydrogen-bond donors (Lipinski definition) is 0. The first-order chi connectivity index (χ1) is 8.27. The van der Waals surface area contributed by atoms with Crippen LogP contribution in [0.3, 0.4) is 0 Å². The van der Waals surface area contributed by atoms with Crippen molar-refractivity contribution in [2.45, 2.75) is 41.0 Å². The van der Waals surface area contributed by atoms with Crippen molar-refractivity contribution in [1.82, 2.24) is 0 Å². The molecule has 1 aromatic carbocycles. The van der Waals surface area contributed by atoms with Crippen LogP contribution >= 0.6 is 0 Å². The fourth-order valence-corrected chi connectivity index (χ4v) is 2.12. The van der Waals surface area contributed by atoms with Crippen LogP contribution in [0.5, 0.6) is 0 Å². The largest absolute Gasteiger partial charge is 0.272 e.